The molecule has 0 aliphatic heterocycles. The molecule has 0 aliphatic carbocycles. The fraction of sp³-hybridized carbons (Fsp3) is 0.0938. The molecule has 0 spiro atoms. The Morgan fingerprint density at radius 2 is 1.66 bits per heavy atom. The summed E-state index contributed by atoms with van der Waals surface area (Å²) >= 11 is 7.77. The number of nitrogens with zero attached hydrogens (tertiary/aromatic N) is 1. The lowest BCUT2D eigenvalue weighted by Gasteiger charge is -2.10. The van der Waals surface area contributed by atoms with E-state index in [1.807, 2.05) is 84.9 Å². The molecule has 7 nitrogen and oxygen atoms in total. The standard InChI is InChI=1S/C32H25ClN2O5S/c1-38-32(37)23-12-10-21(11-13-23)20-41-30-9-5-4-8-27(30)34-31(36)28-18-29(40-35-28)22-14-16-25(17-15-22)39-19-24-6-2-3-7-26(24)33/h2-18H,19-20H2,1H3,(H,34,36). The second-order valence-electron chi connectivity index (χ2n) is 8.91. The van der Waals surface area contributed by atoms with E-state index in [0.29, 0.717) is 40.1 Å². The maximum absolute atomic E-state index is 13.0. The van der Waals surface area contributed by atoms with E-state index >= 15 is 0 Å². The van der Waals surface area contributed by atoms with Gasteiger partial charge in [0, 0.05) is 32.9 Å². The molecule has 0 atom stereocenters. The number of rotatable bonds is 10. The zero-order valence-electron chi connectivity index (χ0n) is 22.0. The number of ether oxygens (including phenoxy) is 2. The van der Waals surface area contributed by atoms with Crippen molar-refractivity contribution in [3.8, 4) is 17.1 Å². The van der Waals surface area contributed by atoms with Gasteiger partial charge in [0.15, 0.2) is 11.5 Å². The van der Waals surface area contributed by atoms with Crippen molar-refractivity contribution in [2.75, 3.05) is 12.4 Å². The summed E-state index contributed by atoms with van der Waals surface area (Å²) in [4.78, 5) is 25.6. The van der Waals surface area contributed by atoms with Gasteiger partial charge in [0.25, 0.3) is 5.91 Å². The molecule has 0 aliphatic rings. The van der Waals surface area contributed by atoms with Crippen LogP contribution in [0.15, 0.2) is 113 Å². The average Bonchev–Trinajstić information content (AvgIpc) is 3.51. The van der Waals surface area contributed by atoms with Crippen LogP contribution in [-0.2, 0) is 17.1 Å². The summed E-state index contributed by atoms with van der Waals surface area (Å²) in [5.74, 6) is 1.05. The Kier molecular flexibility index (Phi) is 9.03. The highest BCUT2D eigenvalue weighted by Crippen LogP contribution is 2.31. The Bertz CT molecular complexity index is 1650. The molecule has 0 unspecified atom stereocenters. The smallest absolute Gasteiger partial charge is 0.337 e. The second kappa shape index (κ2) is 13.2. The van der Waals surface area contributed by atoms with Gasteiger partial charge in [0.2, 0.25) is 0 Å². The summed E-state index contributed by atoms with van der Waals surface area (Å²) in [5.41, 5.74) is 4.02. The number of carbonyl (C=O) groups is 2. The predicted octanol–water partition coefficient (Wildman–Crippen LogP) is 7.91. The van der Waals surface area contributed by atoms with E-state index in [0.717, 1.165) is 21.6 Å². The fourth-order valence-electron chi connectivity index (χ4n) is 3.91. The normalized spacial score (nSPS) is 10.7. The molecular formula is C32H25ClN2O5S. The molecule has 0 fully saturated rings. The quantitative estimate of drug-likeness (QED) is 0.132. The summed E-state index contributed by atoms with van der Waals surface area (Å²) in [7, 11) is 1.36. The summed E-state index contributed by atoms with van der Waals surface area (Å²) in [5, 5.41) is 7.56. The van der Waals surface area contributed by atoms with Gasteiger partial charge in [-0.05, 0) is 60.2 Å². The SMILES string of the molecule is COC(=O)c1ccc(CSc2ccccc2NC(=O)c2cc(-c3ccc(OCc4ccccc4Cl)cc3)on2)cc1. The second-order valence-corrected chi connectivity index (χ2v) is 10.3. The van der Waals surface area contributed by atoms with E-state index in [-0.39, 0.29) is 17.6 Å². The van der Waals surface area contributed by atoms with E-state index in [4.69, 9.17) is 25.6 Å². The van der Waals surface area contributed by atoms with Crippen molar-refractivity contribution in [1.29, 1.82) is 0 Å². The highest BCUT2D eigenvalue weighted by molar-refractivity contribution is 7.98. The van der Waals surface area contributed by atoms with Crippen LogP contribution in [0.5, 0.6) is 5.75 Å². The maximum atomic E-state index is 13.0. The molecule has 1 amide bonds. The number of hydrogen-bond acceptors (Lipinski definition) is 7. The topological polar surface area (TPSA) is 90.7 Å². The number of aromatic nitrogens is 1. The van der Waals surface area contributed by atoms with Crippen LogP contribution in [0.25, 0.3) is 11.3 Å². The molecule has 0 saturated heterocycles. The third-order valence-corrected chi connectivity index (χ3v) is 7.65. The number of halogens is 1. The van der Waals surface area contributed by atoms with Crippen molar-refractivity contribution in [3.05, 3.63) is 131 Å². The third-order valence-electron chi connectivity index (χ3n) is 6.14. The van der Waals surface area contributed by atoms with Crippen molar-refractivity contribution in [1.82, 2.24) is 5.16 Å². The minimum absolute atomic E-state index is 0.164. The Balaban J connectivity index is 1.19. The number of carbonyl (C=O) groups excluding carboxylic acids is 2. The molecule has 41 heavy (non-hydrogen) atoms. The van der Waals surface area contributed by atoms with Gasteiger partial charge in [0.1, 0.15) is 12.4 Å². The number of nitrogens with one attached hydrogen (secondary N) is 1. The maximum Gasteiger partial charge on any atom is 0.337 e. The summed E-state index contributed by atoms with van der Waals surface area (Å²) in [6.07, 6.45) is 0. The van der Waals surface area contributed by atoms with Crippen molar-refractivity contribution in [2.45, 2.75) is 17.3 Å². The van der Waals surface area contributed by atoms with Crippen LogP contribution >= 0.6 is 23.4 Å². The Morgan fingerprint density at radius 3 is 2.41 bits per heavy atom. The molecule has 4 aromatic carbocycles. The first-order valence-electron chi connectivity index (χ1n) is 12.6. The number of methoxy groups -OCH3 is 1. The molecule has 9 heteroatoms. The molecule has 1 aromatic heterocycles. The van der Waals surface area contributed by atoms with Crippen molar-refractivity contribution >= 4 is 40.9 Å². The largest absolute Gasteiger partial charge is 0.489 e. The zero-order chi connectivity index (χ0) is 28.6. The molecule has 1 N–H and O–H groups in total. The van der Waals surface area contributed by atoms with Gasteiger partial charge in [-0.3, -0.25) is 4.79 Å². The minimum atomic E-state index is -0.379. The summed E-state index contributed by atoms with van der Waals surface area (Å²) in [6.45, 7) is 0.354. The van der Waals surface area contributed by atoms with Gasteiger partial charge in [-0.25, -0.2) is 4.79 Å². The third kappa shape index (κ3) is 7.16. The van der Waals surface area contributed by atoms with E-state index in [2.05, 4.69) is 10.5 Å². The van der Waals surface area contributed by atoms with Gasteiger partial charge in [-0.2, -0.15) is 0 Å². The van der Waals surface area contributed by atoms with Crippen LogP contribution in [0.1, 0.15) is 32.0 Å². The predicted molar refractivity (Wildman–Crippen MR) is 159 cm³/mol. The number of esters is 1. The Hall–Kier alpha value is -4.53. The molecule has 5 aromatic rings. The monoisotopic (exact) mass is 584 g/mol. The van der Waals surface area contributed by atoms with E-state index in [1.165, 1.54) is 7.11 Å². The van der Waals surface area contributed by atoms with Gasteiger partial charge < -0.3 is 19.3 Å². The lowest BCUT2D eigenvalue weighted by molar-refractivity contribution is 0.0600. The van der Waals surface area contributed by atoms with Gasteiger partial charge >= 0.3 is 5.97 Å². The van der Waals surface area contributed by atoms with Crippen molar-refractivity contribution in [3.63, 3.8) is 0 Å². The highest BCUT2D eigenvalue weighted by atomic mass is 35.5. The van der Waals surface area contributed by atoms with Crippen LogP contribution in [0.3, 0.4) is 0 Å². The van der Waals surface area contributed by atoms with Gasteiger partial charge in [-0.15, -0.1) is 11.8 Å². The first kappa shape index (κ1) is 28.0. The van der Waals surface area contributed by atoms with Crippen LogP contribution in [0.2, 0.25) is 5.02 Å². The first-order chi connectivity index (χ1) is 20.0. The lowest BCUT2D eigenvalue weighted by atomic mass is 10.1. The van der Waals surface area contributed by atoms with Crippen molar-refractivity contribution in [2.24, 2.45) is 0 Å². The number of amides is 1. The van der Waals surface area contributed by atoms with E-state index in [1.54, 1.807) is 30.0 Å². The number of thioether (sulfide) groups is 1. The molecule has 5 rings (SSSR count). The van der Waals surface area contributed by atoms with Crippen LogP contribution < -0.4 is 10.1 Å². The molecule has 0 bridgehead atoms. The van der Waals surface area contributed by atoms with E-state index < -0.39 is 0 Å². The molecule has 0 saturated carbocycles. The number of anilines is 1. The number of benzene rings is 4. The Labute approximate surface area is 246 Å². The summed E-state index contributed by atoms with van der Waals surface area (Å²) in [6, 6.07) is 31.2. The number of hydrogen-bond donors (Lipinski definition) is 1. The molecule has 206 valence electrons. The average molecular weight is 585 g/mol. The number of para-hydroxylation sites is 1. The van der Waals surface area contributed by atoms with Crippen LogP contribution in [0.4, 0.5) is 5.69 Å². The van der Waals surface area contributed by atoms with E-state index in [9.17, 15) is 9.59 Å². The highest BCUT2D eigenvalue weighted by Gasteiger charge is 2.16. The zero-order valence-corrected chi connectivity index (χ0v) is 23.6. The first-order valence-corrected chi connectivity index (χ1v) is 14.0. The van der Waals surface area contributed by atoms with Crippen molar-refractivity contribution < 1.29 is 23.6 Å². The fourth-order valence-corrected chi connectivity index (χ4v) is 5.06. The van der Waals surface area contributed by atoms with Gasteiger partial charge in [-0.1, -0.05) is 59.2 Å². The van der Waals surface area contributed by atoms with Crippen LogP contribution in [0, 0.1) is 0 Å². The molecule has 0 radical (unpaired) electrons. The lowest BCUT2D eigenvalue weighted by Crippen LogP contribution is -2.12. The summed E-state index contributed by atoms with van der Waals surface area (Å²) < 4.78 is 16.0. The van der Waals surface area contributed by atoms with Gasteiger partial charge in [0.05, 0.1) is 18.4 Å². The molecule has 1 heterocycles. The van der Waals surface area contributed by atoms with Crippen LogP contribution in [-0.4, -0.2) is 24.1 Å². The minimum Gasteiger partial charge on any atom is -0.489 e. The Morgan fingerprint density at radius 1 is 0.927 bits per heavy atom. The molecular weight excluding hydrogens is 560 g/mol.